The van der Waals surface area contributed by atoms with Gasteiger partial charge >= 0.3 is 5.97 Å². The summed E-state index contributed by atoms with van der Waals surface area (Å²) in [7, 11) is 1.48. The lowest BCUT2D eigenvalue weighted by Gasteiger charge is -2.29. The number of fused-ring (bicyclic) bond motifs is 1. The number of halogens is 1. The summed E-state index contributed by atoms with van der Waals surface area (Å²) < 4.78 is 7.29. The number of rotatable bonds is 6. The molecule has 3 aromatic rings. The monoisotopic (exact) mass is 468 g/mol. The van der Waals surface area contributed by atoms with Crippen LogP contribution in [-0.2, 0) is 6.54 Å². The van der Waals surface area contributed by atoms with Gasteiger partial charge in [0.25, 0.3) is 0 Å². The summed E-state index contributed by atoms with van der Waals surface area (Å²) in [6.45, 7) is 2.95. The minimum Gasteiger partial charge on any atom is -0.495 e. The maximum Gasteiger partial charge on any atom is 0.339 e. The van der Waals surface area contributed by atoms with Gasteiger partial charge in [0.05, 0.1) is 18.0 Å². The highest BCUT2D eigenvalue weighted by molar-refractivity contribution is 6.30. The van der Waals surface area contributed by atoms with E-state index < -0.39 is 5.97 Å². The van der Waals surface area contributed by atoms with Gasteiger partial charge in [-0.05, 0) is 73.9 Å². The van der Waals surface area contributed by atoms with Gasteiger partial charge in [-0.3, -0.25) is 9.48 Å². The molecular formula is C26H29ClN2O4. The number of hydrogen-bond acceptors (Lipinski definition) is 4. The van der Waals surface area contributed by atoms with Crippen LogP contribution in [0.5, 0.6) is 5.75 Å². The zero-order valence-electron chi connectivity index (χ0n) is 19.0. The van der Waals surface area contributed by atoms with Gasteiger partial charge in [-0.1, -0.05) is 24.9 Å². The first-order chi connectivity index (χ1) is 15.9. The van der Waals surface area contributed by atoms with Crippen molar-refractivity contribution >= 4 is 34.3 Å². The molecule has 0 aliphatic heterocycles. The highest BCUT2D eigenvalue weighted by Crippen LogP contribution is 2.34. The van der Waals surface area contributed by atoms with E-state index in [1.807, 2.05) is 23.0 Å². The summed E-state index contributed by atoms with van der Waals surface area (Å²) in [5.41, 5.74) is 1.61. The van der Waals surface area contributed by atoms with E-state index in [0.717, 1.165) is 49.7 Å². The fourth-order valence-corrected chi connectivity index (χ4v) is 5.15. The van der Waals surface area contributed by atoms with Crippen molar-refractivity contribution in [2.75, 3.05) is 7.11 Å². The minimum atomic E-state index is -1.02. The lowest BCUT2D eigenvalue weighted by atomic mass is 9.76. The van der Waals surface area contributed by atoms with E-state index in [1.54, 1.807) is 18.2 Å². The zero-order valence-corrected chi connectivity index (χ0v) is 19.7. The standard InChI is InChI=1S/C26H29ClN2O4/c1-16-6-7-17(4-3-5-20(16)24(30)18-8-10-19(27)11-9-18)14-29-15-22-23(28-29)13-12-21(26(31)32)25(22)33-2/h8-13,15-17,20H,3-7,14H2,1-2H3,(H,31,32). The van der Waals surface area contributed by atoms with Gasteiger partial charge in [0.2, 0.25) is 0 Å². The Balaban J connectivity index is 1.44. The number of ketones is 1. The molecule has 4 rings (SSSR count). The normalized spacial score (nSPS) is 21.4. The lowest BCUT2D eigenvalue weighted by Crippen LogP contribution is -2.26. The number of nitrogens with zero attached hydrogens (tertiary/aromatic N) is 2. The fraction of sp³-hybridized carbons (Fsp3) is 0.423. The van der Waals surface area contributed by atoms with Crippen LogP contribution >= 0.6 is 11.6 Å². The van der Waals surface area contributed by atoms with Crippen LogP contribution in [0, 0.1) is 17.8 Å². The molecule has 174 valence electrons. The van der Waals surface area contributed by atoms with Gasteiger partial charge in [-0.15, -0.1) is 0 Å². The molecule has 6 nitrogen and oxygen atoms in total. The number of benzene rings is 2. The Kier molecular flexibility index (Phi) is 7.03. The average Bonchev–Trinajstić information content (AvgIpc) is 3.20. The number of carbonyl (C=O) groups excluding carboxylic acids is 1. The van der Waals surface area contributed by atoms with Crippen molar-refractivity contribution in [3.8, 4) is 5.75 Å². The molecule has 1 aromatic heterocycles. The van der Waals surface area contributed by atoms with E-state index in [0.29, 0.717) is 28.0 Å². The summed E-state index contributed by atoms with van der Waals surface area (Å²) in [4.78, 5) is 24.6. The molecule has 7 heteroatoms. The molecule has 0 radical (unpaired) electrons. The first-order valence-electron chi connectivity index (χ1n) is 11.4. The molecule has 33 heavy (non-hydrogen) atoms. The smallest absolute Gasteiger partial charge is 0.339 e. The number of aromatic carboxylic acids is 1. The Morgan fingerprint density at radius 2 is 1.88 bits per heavy atom. The number of hydrogen-bond donors (Lipinski definition) is 1. The first kappa shape index (κ1) is 23.3. The van der Waals surface area contributed by atoms with Gasteiger partial charge in [0.15, 0.2) is 5.78 Å². The number of carbonyl (C=O) groups is 2. The van der Waals surface area contributed by atoms with Crippen LogP contribution in [0.1, 0.15) is 59.7 Å². The molecule has 1 aliphatic rings. The lowest BCUT2D eigenvalue weighted by molar-refractivity contribution is 0.0693. The Bertz CT molecular complexity index is 1160. The second-order valence-corrected chi connectivity index (χ2v) is 9.50. The molecule has 1 heterocycles. The zero-order chi connectivity index (χ0) is 23.5. The third kappa shape index (κ3) is 5.06. The van der Waals surface area contributed by atoms with Crippen LogP contribution in [0.3, 0.4) is 0 Å². The molecule has 0 saturated heterocycles. The SMILES string of the molecule is COc1c(C(=O)O)ccc2nn(CC3CCCC(C(=O)c4ccc(Cl)cc4)C(C)CC3)cc12. The molecule has 0 bridgehead atoms. The average molecular weight is 469 g/mol. The van der Waals surface area contributed by atoms with E-state index in [-0.39, 0.29) is 17.3 Å². The van der Waals surface area contributed by atoms with Crippen molar-refractivity contribution in [3.63, 3.8) is 0 Å². The molecule has 1 N–H and O–H groups in total. The number of carboxylic acids is 1. The number of aromatic nitrogens is 2. The highest BCUT2D eigenvalue weighted by Gasteiger charge is 2.29. The molecule has 3 unspecified atom stereocenters. The van der Waals surface area contributed by atoms with Gasteiger partial charge in [-0.25, -0.2) is 4.79 Å². The largest absolute Gasteiger partial charge is 0.495 e. The molecule has 3 atom stereocenters. The summed E-state index contributed by atoms with van der Waals surface area (Å²) >= 11 is 5.97. The van der Waals surface area contributed by atoms with Gasteiger partial charge in [0, 0.05) is 29.2 Å². The third-order valence-electron chi connectivity index (χ3n) is 6.88. The van der Waals surface area contributed by atoms with Gasteiger partial charge in [-0.2, -0.15) is 5.10 Å². The Morgan fingerprint density at radius 1 is 1.12 bits per heavy atom. The van der Waals surface area contributed by atoms with E-state index in [1.165, 1.54) is 13.2 Å². The van der Waals surface area contributed by atoms with E-state index >= 15 is 0 Å². The Morgan fingerprint density at radius 3 is 2.58 bits per heavy atom. The first-order valence-corrected chi connectivity index (χ1v) is 11.8. The van der Waals surface area contributed by atoms with Crippen molar-refractivity contribution in [2.45, 2.75) is 45.6 Å². The van der Waals surface area contributed by atoms with Gasteiger partial charge < -0.3 is 9.84 Å². The van der Waals surface area contributed by atoms with Crippen LogP contribution in [0.25, 0.3) is 10.9 Å². The second kappa shape index (κ2) is 9.96. The van der Waals surface area contributed by atoms with Crippen LogP contribution in [0.4, 0.5) is 0 Å². The summed E-state index contributed by atoms with van der Waals surface area (Å²) in [6.07, 6.45) is 6.81. The van der Waals surface area contributed by atoms with Crippen molar-refractivity contribution in [1.82, 2.24) is 9.78 Å². The molecule has 1 fully saturated rings. The molecular weight excluding hydrogens is 440 g/mol. The van der Waals surface area contributed by atoms with E-state index in [2.05, 4.69) is 12.0 Å². The number of ether oxygens (including phenoxy) is 1. The quantitative estimate of drug-likeness (QED) is 0.441. The van der Waals surface area contributed by atoms with Crippen molar-refractivity contribution in [2.24, 2.45) is 17.8 Å². The van der Waals surface area contributed by atoms with Crippen LogP contribution < -0.4 is 4.74 Å². The molecule has 2 aromatic carbocycles. The maximum atomic E-state index is 13.1. The third-order valence-corrected chi connectivity index (χ3v) is 7.13. The number of carboxylic acid groups (broad SMARTS) is 1. The predicted octanol–water partition coefficient (Wildman–Crippen LogP) is 6.11. The van der Waals surface area contributed by atoms with Crippen molar-refractivity contribution in [1.29, 1.82) is 0 Å². The maximum absolute atomic E-state index is 13.1. The van der Waals surface area contributed by atoms with Crippen molar-refractivity contribution in [3.05, 3.63) is 58.7 Å². The minimum absolute atomic E-state index is 0.0399. The van der Waals surface area contributed by atoms with Crippen LogP contribution in [0.15, 0.2) is 42.6 Å². The van der Waals surface area contributed by atoms with E-state index in [4.69, 9.17) is 16.3 Å². The van der Waals surface area contributed by atoms with Crippen LogP contribution in [0.2, 0.25) is 5.02 Å². The summed E-state index contributed by atoms with van der Waals surface area (Å²) in [6, 6.07) is 10.5. The van der Waals surface area contributed by atoms with Gasteiger partial charge in [0.1, 0.15) is 11.3 Å². The summed E-state index contributed by atoms with van der Waals surface area (Å²) in [5.74, 6) is 0.360. The molecule has 0 spiro atoms. The highest BCUT2D eigenvalue weighted by atomic mass is 35.5. The molecule has 0 amide bonds. The van der Waals surface area contributed by atoms with Crippen LogP contribution in [-0.4, -0.2) is 33.7 Å². The summed E-state index contributed by atoms with van der Waals surface area (Å²) in [5, 5.41) is 15.4. The number of Topliss-reactive ketones (excluding diaryl/α,β-unsaturated/α-hetero) is 1. The Labute approximate surface area is 198 Å². The number of methoxy groups -OCH3 is 1. The topological polar surface area (TPSA) is 81.4 Å². The second-order valence-electron chi connectivity index (χ2n) is 9.06. The Hall–Kier alpha value is -2.86. The molecule has 1 aliphatic carbocycles. The van der Waals surface area contributed by atoms with Crippen molar-refractivity contribution < 1.29 is 19.4 Å². The predicted molar refractivity (Wildman–Crippen MR) is 128 cm³/mol. The molecule has 1 saturated carbocycles. The van der Waals surface area contributed by atoms with E-state index in [9.17, 15) is 14.7 Å². The fourth-order valence-electron chi connectivity index (χ4n) is 5.02.